The van der Waals surface area contributed by atoms with Gasteiger partial charge in [0.25, 0.3) is 0 Å². The molecule has 0 N–H and O–H groups in total. The monoisotopic (exact) mass is 381 g/mol. The lowest BCUT2D eigenvalue weighted by molar-refractivity contribution is 0.467. The molecule has 3 heteroatoms. The zero-order valence-corrected chi connectivity index (χ0v) is 17.6. The highest BCUT2D eigenvalue weighted by Crippen LogP contribution is 2.47. The number of benzene rings is 3. The largest absolute Gasteiger partial charge is 0.346 e. The first-order valence-corrected chi connectivity index (χ1v) is 10.2. The van der Waals surface area contributed by atoms with Crippen LogP contribution in [0.15, 0.2) is 78.9 Å². The predicted octanol–water partition coefficient (Wildman–Crippen LogP) is 6.34. The summed E-state index contributed by atoms with van der Waals surface area (Å²) < 4.78 is 2.34. The lowest BCUT2D eigenvalue weighted by atomic mass is 9.97. The molecule has 0 bridgehead atoms. The van der Waals surface area contributed by atoms with Crippen LogP contribution < -0.4 is 9.80 Å². The van der Waals surface area contributed by atoms with E-state index in [9.17, 15) is 0 Å². The minimum atomic E-state index is -0.165. The number of aryl methyl sites for hydroxylation is 2. The molecule has 0 aliphatic carbocycles. The van der Waals surface area contributed by atoms with Crippen LogP contribution in [-0.2, 0) is 12.6 Å². The second-order valence-electron chi connectivity index (χ2n) is 8.48. The average molecular weight is 382 g/mol. The minimum Gasteiger partial charge on any atom is -0.346 e. The fraction of sp³-hybridized carbons (Fsp3) is 0.231. The third-order valence-electron chi connectivity index (χ3n) is 6.41. The molecule has 0 saturated heterocycles. The van der Waals surface area contributed by atoms with Crippen molar-refractivity contribution in [1.82, 2.24) is 4.57 Å². The molecule has 0 amide bonds. The van der Waals surface area contributed by atoms with Crippen LogP contribution in [0, 0.1) is 6.92 Å². The van der Waals surface area contributed by atoms with Crippen molar-refractivity contribution in [2.45, 2.75) is 26.3 Å². The molecular formula is C26H27N3. The van der Waals surface area contributed by atoms with E-state index in [0.717, 1.165) is 6.67 Å². The molecule has 0 spiro atoms. The number of aromatic nitrogens is 1. The van der Waals surface area contributed by atoms with E-state index in [2.05, 4.69) is 121 Å². The average Bonchev–Trinajstić information content (AvgIpc) is 3.28. The zero-order valence-electron chi connectivity index (χ0n) is 17.6. The Kier molecular flexibility index (Phi) is 3.95. The van der Waals surface area contributed by atoms with E-state index in [1.54, 1.807) is 0 Å². The van der Waals surface area contributed by atoms with E-state index in [1.165, 1.54) is 39.2 Å². The van der Waals surface area contributed by atoms with Gasteiger partial charge in [-0.25, -0.2) is 0 Å². The van der Waals surface area contributed by atoms with Crippen molar-refractivity contribution < 1.29 is 0 Å². The van der Waals surface area contributed by atoms with E-state index < -0.39 is 0 Å². The van der Waals surface area contributed by atoms with Crippen molar-refractivity contribution in [3.05, 3.63) is 90.1 Å². The summed E-state index contributed by atoms with van der Waals surface area (Å²) in [7, 11) is 2.18. The van der Waals surface area contributed by atoms with Crippen LogP contribution in [0.2, 0.25) is 0 Å². The lowest BCUT2D eigenvalue weighted by Crippen LogP contribution is -2.44. The van der Waals surface area contributed by atoms with Crippen LogP contribution in [0.5, 0.6) is 0 Å². The summed E-state index contributed by atoms with van der Waals surface area (Å²) in [6, 6.07) is 28.4. The summed E-state index contributed by atoms with van der Waals surface area (Å²) >= 11 is 0. The molecule has 2 heterocycles. The molecule has 0 radical (unpaired) electrons. The van der Waals surface area contributed by atoms with Gasteiger partial charge in [-0.3, -0.25) is 0 Å². The maximum atomic E-state index is 2.53. The van der Waals surface area contributed by atoms with Gasteiger partial charge in [0, 0.05) is 23.9 Å². The van der Waals surface area contributed by atoms with Gasteiger partial charge in [-0.05, 0) is 62.1 Å². The van der Waals surface area contributed by atoms with Crippen molar-refractivity contribution in [3.63, 3.8) is 0 Å². The van der Waals surface area contributed by atoms with Gasteiger partial charge in [0.1, 0.15) is 0 Å². The molecule has 0 fully saturated rings. The van der Waals surface area contributed by atoms with Gasteiger partial charge in [0.15, 0.2) is 0 Å². The summed E-state index contributed by atoms with van der Waals surface area (Å²) in [6.07, 6.45) is 0. The Balaban J connectivity index is 1.64. The quantitative estimate of drug-likeness (QED) is 0.410. The van der Waals surface area contributed by atoms with Gasteiger partial charge in [-0.1, -0.05) is 48.5 Å². The fourth-order valence-electron chi connectivity index (χ4n) is 4.78. The zero-order chi connectivity index (χ0) is 20.2. The molecule has 1 aliphatic heterocycles. The van der Waals surface area contributed by atoms with Gasteiger partial charge >= 0.3 is 0 Å². The molecule has 0 atom stereocenters. The van der Waals surface area contributed by atoms with Crippen molar-refractivity contribution in [2.24, 2.45) is 7.05 Å². The molecule has 5 rings (SSSR count). The predicted molar refractivity (Wildman–Crippen MR) is 123 cm³/mol. The Labute approximate surface area is 172 Å². The third-order valence-corrected chi connectivity index (χ3v) is 6.41. The van der Waals surface area contributed by atoms with Crippen LogP contribution in [-0.4, -0.2) is 11.2 Å². The summed E-state index contributed by atoms with van der Waals surface area (Å²) in [5.74, 6) is 0. The first-order chi connectivity index (χ1) is 14.0. The maximum absolute atomic E-state index is 2.53. The molecule has 3 nitrogen and oxygen atoms in total. The first-order valence-electron chi connectivity index (χ1n) is 10.2. The van der Waals surface area contributed by atoms with Gasteiger partial charge in [-0.2, -0.15) is 0 Å². The summed E-state index contributed by atoms with van der Waals surface area (Å²) in [6.45, 7) is 7.69. The SMILES string of the molecule is Cc1ccccc1N1CN(C(C)(C)c2cc3ccccc3n2C)c2ccccc21. The molecular weight excluding hydrogens is 354 g/mol. The van der Waals surface area contributed by atoms with Crippen LogP contribution in [0.4, 0.5) is 17.1 Å². The van der Waals surface area contributed by atoms with Gasteiger partial charge < -0.3 is 14.4 Å². The number of nitrogens with zero attached hydrogens (tertiary/aromatic N) is 3. The van der Waals surface area contributed by atoms with Gasteiger partial charge in [0.05, 0.1) is 23.6 Å². The van der Waals surface area contributed by atoms with E-state index >= 15 is 0 Å². The summed E-state index contributed by atoms with van der Waals surface area (Å²) in [4.78, 5) is 4.97. The number of hydrogen-bond acceptors (Lipinski definition) is 2. The molecule has 146 valence electrons. The summed E-state index contributed by atoms with van der Waals surface area (Å²) in [5.41, 5.74) is 7.56. The van der Waals surface area contributed by atoms with Gasteiger partial charge in [-0.15, -0.1) is 0 Å². The topological polar surface area (TPSA) is 11.4 Å². The molecule has 29 heavy (non-hydrogen) atoms. The molecule has 0 saturated carbocycles. The molecule has 1 aliphatic rings. The van der Waals surface area contributed by atoms with Gasteiger partial charge in [0.2, 0.25) is 0 Å². The van der Waals surface area contributed by atoms with Crippen LogP contribution in [0.25, 0.3) is 10.9 Å². The highest BCUT2D eigenvalue weighted by Gasteiger charge is 2.39. The molecule has 3 aromatic carbocycles. The highest BCUT2D eigenvalue weighted by atomic mass is 15.4. The second-order valence-corrected chi connectivity index (χ2v) is 8.48. The van der Waals surface area contributed by atoms with Crippen LogP contribution >= 0.6 is 0 Å². The van der Waals surface area contributed by atoms with Crippen molar-refractivity contribution in [2.75, 3.05) is 16.5 Å². The molecule has 4 aromatic rings. The van der Waals surface area contributed by atoms with E-state index in [0.29, 0.717) is 0 Å². The second kappa shape index (κ2) is 6.41. The van der Waals surface area contributed by atoms with E-state index in [4.69, 9.17) is 0 Å². The standard InChI is InChI=1S/C26H27N3/c1-19-11-5-7-13-21(19)28-18-29(24-16-10-9-15-23(24)28)26(2,3)25-17-20-12-6-8-14-22(20)27(25)4/h5-17H,18H2,1-4H3. The number of para-hydroxylation sites is 4. The highest BCUT2D eigenvalue weighted by molar-refractivity contribution is 5.85. The Hall–Kier alpha value is -3.20. The van der Waals surface area contributed by atoms with Crippen molar-refractivity contribution >= 4 is 28.0 Å². The lowest BCUT2D eigenvalue weighted by Gasteiger charge is -2.38. The smallest absolute Gasteiger partial charge is 0.0962 e. The number of rotatable bonds is 3. The normalized spacial score (nSPS) is 13.9. The van der Waals surface area contributed by atoms with E-state index in [-0.39, 0.29) is 5.54 Å². The van der Waals surface area contributed by atoms with Crippen molar-refractivity contribution in [3.8, 4) is 0 Å². The van der Waals surface area contributed by atoms with Crippen LogP contribution in [0.1, 0.15) is 25.1 Å². The molecule has 0 unspecified atom stereocenters. The Morgan fingerprint density at radius 1 is 0.759 bits per heavy atom. The third kappa shape index (κ3) is 2.65. The van der Waals surface area contributed by atoms with E-state index in [1.807, 2.05) is 0 Å². The Morgan fingerprint density at radius 2 is 1.38 bits per heavy atom. The first kappa shape index (κ1) is 17.9. The number of anilines is 3. The number of fused-ring (bicyclic) bond motifs is 2. The summed E-state index contributed by atoms with van der Waals surface area (Å²) in [5, 5.41) is 1.29. The van der Waals surface area contributed by atoms with Crippen LogP contribution in [0.3, 0.4) is 0 Å². The van der Waals surface area contributed by atoms with Crippen molar-refractivity contribution in [1.29, 1.82) is 0 Å². The Bertz CT molecular complexity index is 1200. The number of hydrogen-bond donors (Lipinski definition) is 0. The Morgan fingerprint density at radius 3 is 2.10 bits per heavy atom. The molecule has 1 aromatic heterocycles. The minimum absolute atomic E-state index is 0.165. The maximum Gasteiger partial charge on any atom is 0.0962 e. The fourth-order valence-corrected chi connectivity index (χ4v) is 4.78.